The lowest BCUT2D eigenvalue weighted by Crippen LogP contribution is -2.44. The number of aromatic nitrogens is 1. The van der Waals surface area contributed by atoms with Gasteiger partial charge in [-0.15, -0.1) is 11.3 Å². The van der Waals surface area contributed by atoms with Gasteiger partial charge in [-0.3, -0.25) is 5.32 Å². The van der Waals surface area contributed by atoms with E-state index < -0.39 is 0 Å². The molecule has 0 amide bonds. The number of furan rings is 1. The minimum atomic E-state index is -0.249. The summed E-state index contributed by atoms with van der Waals surface area (Å²) in [5, 5.41) is 14.7. The maximum atomic E-state index is 7.01. The van der Waals surface area contributed by atoms with Gasteiger partial charge in [-0.05, 0) is 41.5 Å². The molecule has 2 N–H and O–H groups in total. The molecule has 12 rings (SSSR count). The summed E-state index contributed by atoms with van der Waals surface area (Å²) in [4.78, 5) is 5.30. The summed E-state index contributed by atoms with van der Waals surface area (Å²) in [7, 11) is 0. The van der Waals surface area contributed by atoms with Crippen LogP contribution in [0.4, 0.5) is 0 Å². The van der Waals surface area contributed by atoms with Crippen LogP contribution >= 0.6 is 11.3 Å². The molecule has 0 radical (unpaired) electrons. The summed E-state index contributed by atoms with van der Waals surface area (Å²) in [6.45, 7) is 0. The fourth-order valence-corrected chi connectivity index (χ4v) is 10.1. The van der Waals surface area contributed by atoms with E-state index in [9.17, 15) is 0 Å². The number of nitrogens with one attached hydrogen (secondary N) is 2. The molecule has 1 aliphatic rings. The topological polar surface area (TPSA) is 54.5 Å². The molecule has 5 nitrogen and oxygen atoms in total. The fraction of sp³-hybridized carbons (Fsp3) is 0.0392. The molecule has 0 aliphatic carbocycles. The summed E-state index contributed by atoms with van der Waals surface area (Å²) in [6, 6.07) is 64.7. The number of hydrogen-bond donors (Lipinski definition) is 2. The SMILES string of the molecule is c1ccc(C2=NC(c3cccc4sc5cc(-c6cccc7c6oc6c(-n8c9ccccc9c9ccccc98)cccc67)ccc5c34)NC(c3ccccc3)N2)cc1. The third-order valence-electron chi connectivity index (χ3n) is 11.5. The van der Waals surface area contributed by atoms with Crippen molar-refractivity contribution in [2.24, 2.45) is 4.99 Å². The molecule has 0 spiro atoms. The first-order chi connectivity index (χ1) is 28.3. The monoisotopic (exact) mass is 750 g/mol. The van der Waals surface area contributed by atoms with E-state index in [0.717, 1.165) is 50.2 Å². The number of benzene rings is 8. The number of nitrogens with zero attached hydrogens (tertiary/aromatic N) is 2. The number of fused-ring (bicyclic) bond motifs is 9. The lowest BCUT2D eigenvalue weighted by Gasteiger charge is -2.32. The normalized spacial score (nSPS) is 15.9. The summed E-state index contributed by atoms with van der Waals surface area (Å²) < 4.78 is 11.8. The third kappa shape index (κ3) is 5.08. The highest BCUT2D eigenvalue weighted by molar-refractivity contribution is 7.25. The Morgan fingerprint density at radius 3 is 1.98 bits per heavy atom. The van der Waals surface area contributed by atoms with Crippen molar-refractivity contribution in [3.63, 3.8) is 0 Å². The van der Waals surface area contributed by atoms with E-state index >= 15 is 0 Å². The molecule has 3 aromatic heterocycles. The highest BCUT2D eigenvalue weighted by atomic mass is 32.1. The zero-order valence-electron chi connectivity index (χ0n) is 30.7. The quantitative estimate of drug-likeness (QED) is 0.184. The van der Waals surface area contributed by atoms with Crippen molar-refractivity contribution in [1.82, 2.24) is 15.2 Å². The zero-order chi connectivity index (χ0) is 37.5. The second kappa shape index (κ2) is 12.8. The van der Waals surface area contributed by atoms with Crippen molar-refractivity contribution >= 4 is 81.1 Å². The summed E-state index contributed by atoms with van der Waals surface area (Å²) in [6.07, 6.45) is -0.351. The first-order valence-electron chi connectivity index (χ1n) is 19.4. The van der Waals surface area contributed by atoms with Gasteiger partial charge >= 0.3 is 0 Å². The van der Waals surface area contributed by atoms with Gasteiger partial charge in [0.1, 0.15) is 23.8 Å². The second-order valence-electron chi connectivity index (χ2n) is 14.7. The Morgan fingerprint density at radius 2 is 1.19 bits per heavy atom. The molecule has 0 fully saturated rings. The third-order valence-corrected chi connectivity index (χ3v) is 12.6. The van der Waals surface area contributed by atoms with Crippen molar-refractivity contribution in [2.45, 2.75) is 12.3 Å². The first-order valence-corrected chi connectivity index (χ1v) is 20.2. The van der Waals surface area contributed by atoms with Crippen LogP contribution in [0.25, 0.3) is 80.7 Å². The van der Waals surface area contributed by atoms with Crippen molar-refractivity contribution in [3.8, 4) is 16.8 Å². The predicted octanol–water partition coefficient (Wildman–Crippen LogP) is 13.1. The van der Waals surface area contributed by atoms with E-state index in [1.807, 2.05) is 17.4 Å². The lowest BCUT2D eigenvalue weighted by atomic mass is 9.99. The summed E-state index contributed by atoms with van der Waals surface area (Å²) >= 11 is 1.83. The number of aliphatic imine (C=N–C) groups is 1. The number of rotatable bonds is 5. The molecule has 57 heavy (non-hydrogen) atoms. The van der Waals surface area contributed by atoms with Gasteiger partial charge in [0.15, 0.2) is 5.58 Å². The highest BCUT2D eigenvalue weighted by Crippen LogP contribution is 2.44. The Labute approximate surface area is 332 Å². The lowest BCUT2D eigenvalue weighted by molar-refractivity contribution is 0.410. The van der Waals surface area contributed by atoms with Gasteiger partial charge in [-0.2, -0.15) is 0 Å². The molecule has 6 heteroatoms. The van der Waals surface area contributed by atoms with E-state index in [4.69, 9.17) is 9.41 Å². The molecule has 2 atom stereocenters. The highest BCUT2D eigenvalue weighted by Gasteiger charge is 2.27. The number of amidine groups is 1. The van der Waals surface area contributed by atoms with E-state index in [-0.39, 0.29) is 12.3 Å². The maximum Gasteiger partial charge on any atom is 0.159 e. The minimum Gasteiger partial charge on any atom is -0.453 e. The van der Waals surface area contributed by atoms with E-state index in [0.29, 0.717) is 0 Å². The molecule has 270 valence electrons. The van der Waals surface area contributed by atoms with Crippen molar-refractivity contribution in [2.75, 3.05) is 0 Å². The van der Waals surface area contributed by atoms with Gasteiger partial charge in [0.25, 0.3) is 0 Å². The molecule has 2 unspecified atom stereocenters. The second-order valence-corrected chi connectivity index (χ2v) is 15.8. The molecule has 8 aromatic carbocycles. The van der Waals surface area contributed by atoms with Gasteiger partial charge in [-0.25, -0.2) is 4.99 Å². The molecular weight excluding hydrogens is 717 g/mol. The first kappa shape index (κ1) is 32.3. The molecule has 0 saturated heterocycles. The van der Waals surface area contributed by atoms with Crippen LogP contribution in [-0.4, -0.2) is 10.4 Å². The van der Waals surface area contributed by atoms with Gasteiger partial charge in [0.2, 0.25) is 0 Å². The van der Waals surface area contributed by atoms with Gasteiger partial charge < -0.3 is 14.3 Å². The van der Waals surface area contributed by atoms with Crippen LogP contribution in [0.2, 0.25) is 0 Å². The summed E-state index contributed by atoms with van der Waals surface area (Å²) in [5.74, 6) is 0.882. The minimum absolute atomic E-state index is 0.101. The van der Waals surface area contributed by atoms with Crippen molar-refractivity contribution < 1.29 is 4.42 Å². The van der Waals surface area contributed by atoms with Crippen LogP contribution in [0.1, 0.15) is 29.0 Å². The Hall–Kier alpha value is -6.99. The number of hydrogen-bond acceptors (Lipinski definition) is 5. The fourth-order valence-electron chi connectivity index (χ4n) is 8.92. The number of para-hydroxylation sites is 4. The number of thiophene rings is 1. The average Bonchev–Trinajstić information content (AvgIpc) is 3.96. The van der Waals surface area contributed by atoms with Gasteiger partial charge in [-0.1, -0.05) is 152 Å². The summed E-state index contributed by atoms with van der Waals surface area (Å²) in [5.41, 5.74) is 10.8. The van der Waals surface area contributed by atoms with Crippen LogP contribution in [0.5, 0.6) is 0 Å². The molecule has 0 saturated carbocycles. The molecular formula is C51H34N4OS. The Bertz CT molecular complexity index is 3320. The zero-order valence-corrected chi connectivity index (χ0v) is 31.5. The largest absolute Gasteiger partial charge is 0.453 e. The van der Waals surface area contributed by atoms with Crippen LogP contribution in [0.3, 0.4) is 0 Å². The van der Waals surface area contributed by atoms with Crippen LogP contribution in [0, 0.1) is 0 Å². The van der Waals surface area contributed by atoms with E-state index in [1.165, 1.54) is 53.1 Å². The predicted molar refractivity (Wildman–Crippen MR) is 238 cm³/mol. The van der Waals surface area contributed by atoms with Crippen LogP contribution in [-0.2, 0) is 0 Å². The standard InChI is InChI=1S/C51H34N4OS/c1-3-14-31(15-4-1)49-52-50(32-16-5-2-6-17-32)54-51(53-49)40-23-13-27-44-46(40)39-29-28-33(30-45(39)57-44)34-20-11-21-37-38-22-12-26-43(48(38)56-47(34)37)55-41-24-9-7-18-35(41)36-19-8-10-25-42(36)55/h1-30,49,51,53H,(H,52,54). The molecule has 11 aromatic rings. The van der Waals surface area contributed by atoms with Gasteiger partial charge in [0.05, 0.1) is 16.7 Å². The molecule has 0 bridgehead atoms. The van der Waals surface area contributed by atoms with Crippen molar-refractivity contribution in [1.29, 1.82) is 0 Å². The molecule has 1 aliphatic heterocycles. The Balaban J connectivity index is 0.994. The Kier molecular flexibility index (Phi) is 7.24. The molecule has 4 heterocycles. The van der Waals surface area contributed by atoms with Crippen molar-refractivity contribution in [3.05, 3.63) is 199 Å². The average molecular weight is 751 g/mol. The van der Waals surface area contributed by atoms with Crippen LogP contribution in [0.15, 0.2) is 191 Å². The maximum absolute atomic E-state index is 7.01. The van der Waals surface area contributed by atoms with Crippen LogP contribution < -0.4 is 10.6 Å². The van der Waals surface area contributed by atoms with E-state index in [2.05, 4.69) is 191 Å². The van der Waals surface area contributed by atoms with Gasteiger partial charge in [0, 0.05) is 58.4 Å². The smallest absolute Gasteiger partial charge is 0.159 e. The van der Waals surface area contributed by atoms with E-state index in [1.54, 1.807) is 0 Å². The Morgan fingerprint density at radius 1 is 0.526 bits per heavy atom.